The third kappa shape index (κ3) is 8.76. The average molecular weight is 585 g/mol. The largest absolute Gasteiger partial charge is 0.398 e. The van der Waals surface area contributed by atoms with Crippen molar-refractivity contribution in [1.29, 1.82) is 0 Å². The minimum atomic E-state index is -1.77. The molecule has 0 amide bonds. The first-order valence-electron chi connectivity index (χ1n) is 15.2. The monoisotopic (exact) mass is 584 g/mol. The van der Waals surface area contributed by atoms with Gasteiger partial charge in [0.1, 0.15) is 13.2 Å². The number of nitrogens with two attached hydrogens (primary N) is 1. The van der Waals surface area contributed by atoms with Gasteiger partial charge in [0.25, 0.3) is 0 Å². The summed E-state index contributed by atoms with van der Waals surface area (Å²) in [6.07, 6.45) is 1.30. The summed E-state index contributed by atoms with van der Waals surface area (Å²) in [7, 11) is 0. The van der Waals surface area contributed by atoms with E-state index in [9.17, 15) is 10.2 Å². The first kappa shape index (κ1) is 35.7. The van der Waals surface area contributed by atoms with Crippen LogP contribution in [0.1, 0.15) is 84.4 Å². The molecule has 2 atom stereocenters. The fourth-order valence-corrected chi connectivity index (χ4v) is 6.01. The van der Waals surface area contributed by atoms with Gasteiger partial charge in [0, 0.05) is 56.5 Å². The second-order valence-electron chi connectivity index (χ2n) is 11.1. The molecule has 41 heavy (non-hydrogen) atoms. The van der Waals surface area contributed by atoms with Crippen LogP contribution < -0.4 is 10.6 Å². The van der Waals surface area contributed by atoms with Crippen molar-refractivity contribution in [3.05, 3.63) is 22.8 Å². The molecule has 1 aliphatic rings. The Morgan fingerprint density at radius 3 is 1.83 bits per heavy atom. The lowest BCUT2D eigenvalue weighted by atomic mass is 9.68. The number of rotatable bonds is 19. The number of aliphatic hydroxyl groups is 2. The lowest BCUT2D eigenvalue weighted by Gasteiger charge is -2.53. The number of anilines is 2. The number of hydrogen-bond donors (Lipinski definition) is 3. The van der Waals surface area contributed by atoms with Crippen LogP contribution in [0.2, 0.25) is 0 Å². The molecule has 238 valence electrons. The van der Waals surface area contributed by atoms with Gasteiger partial charge in [-0.3, -0.25) is 0 Å². The van der Waals surface area contributed by atoms with Crippen molar-refractivity contribution in [2.75, 3.05) is 70.0 Å². The third-order valence-electron chi connectivity index (χ3n) is 8.21. The predicted molar refractivity (Wildman–Crippen MR) is 161 cm³/mol. The van der Waals surface area contributed by atoms with E-state index in [1.54, 1.807) is 27.7 Å². The summed E-state index contributed by atoms with van der Waals surface area (Å²) in [6, 6.07) is 2.20. The van der Waals surface area contributed by atoms with Gasteiger partial charge in [-0.05, 0) is 103 Å². The first-order chi connectivity index (χ1) is 19.3. The molecule has 0 radical (unpaired) electrons. The molecule has 1 aromatic rings. The fraction of sp³-hybridized carbons (Fsp3) is 0.806. The Kier molecular flexibility index (Phi) is 13.8. The molecule has 0 bridgehead atoms. The zero-order valence-electron chi connectivity index (χ0n) is 26.9. The summed E-state index contributed by atoms with van der Waals surface area (Å²) in [5, 5.41) is 21.2. The van der Waals surface area contributed by atoms with Crippen LogP contribution in [0.5, 0.6) is 0 Å². The molecule has 2 unspecified atom stereocenters. The van der Waals surface area contributed by atoms with Crippen LogP contribution in [-0.4, -0.2) is 87.1 Å². The molecule has 10 heteroatoms. The summed E-state index contributed by atoms with van der Waals surface area (Å²) in [6.45, 7) is 20.9. The Morgan fingerprint density at radius 2 is 1.37 bits per heavy atom. The third-order valence-corrected chi connectivity index (χ3v) is 8.21. The maximum Gasteiger partial charge on any atom is 0.305 e. The summed E-state index contributed by atoms with van der Waals surface area (Å²) >= 11 is 0. The SMILES string of the molecule is CCOC(O)(COCCc1c(N)c(C)cc2c1C(CCOCC(O)(OCC)OCC)C(C)C(C)(C)N2CC)OCC. The number of hydrogen-bond acceptors (Lipinski definition) is 10. The van der Waals surface area contributed by atoms with Crippen LogP contribution in [0.15, 0.2) is 6.07 Å². The Labute approximate surface area is 247 Å². The predicted octanol–water partition coefficient (Wildman–Crippen LogP) is 4.32. The molecular formula is C31H56N2O8. The highest BCUT2D eigenvalue weighted by molar-refractivity contribution is 5.72. The molecule has 0 saturated heterocycles. The second-order valence-corrected chi connectivity index (χ2v) is 11.1. The Balaban J connectivity index is 2.35. The van der Waals surface area contributed by atoms with Crippen molar-refractivity contribution in [2.45, 2.75) is 98.6 Å². The molecule has 0 fully saturated rings. The summed E-state index contributed by atoms with van der Waals surface area (Å²) in [5.41, 5.74) is 11.9. The van der Waals surface area contributed by atoms with E-state index in [2.05, 4.69) is 38.7 Å². The van der Waals surface area contributed by atoms with Crippen molar-refractivity contribution >= 4 is 11.4 Å². The van der Waals surface area contributed by atoms with Crippen molar-refractivity contribution < 1.29 is 38.6 Å². The number of aryl methyl sites for hydroxylation is 1. The highest BCUT2D eigenvalue weighted by atomic mass is 16.8. The molecule has 1 aromatic carbocycles. The van der Waals surface area contributed by atoms with E-state index in [-0.39, 0.29) is 30.6 Å². The standard InChI is InChI=1S/C31H56N2O8/c1-10-33-26-19-22(6)28(32)25(16-18-37-21-31(35,40-13-4)41-14-5)27(26)24(23(7)29(33,8)9)15-17-36-20-30(34,38-11-2)39-12-3/h19,23-24,34-35H,10-18,20-21,32H2,1-9H3. The molecule has 1 heterocycles. The van der Waals surface area contributed by atoms with Gasteiger partial charge in [0.15, 0.2) is 0 Å². The van der Waals surface area contributed by atoms with Crippen LogP contribution >= 0.6 is 0 Å². The normalized spacial score (nSPS) is 19.0. The van der Waals surface area contributed by atoms with Gasteiger partial charge >= 0.3 is 11.9 Å². The molecule has 0 aromatic heterocycles. The van der Waals surface area contributed by atoms with Gasteiger partial charge < -0.3 is 49.3 Å². The molecule has 0 saturated carbocycles. The van der Waals surface area contributed by atoms with Crippen molar-refractivity contribution in [2.24, 2.45) is 5.92 Å². The number of fused-ring (bicyclic) bond motifs is 1. The minimum Gasteiger partial charge on any atom is -0.398 e. The van der Waals surface area contributed by atoms with Gasteiger partial charge in [-0.25, -0.2) is 0 Å². The van der Waals surface area contributed by atoms with Gasteiger partial charge in [-0.1, -0.05) is 6.92 Å². The molecule has 0 spiro atoms. The Morgan fingerprint density at radius 1 is 0.878 bits per heavy atom. The molecule has 4 N–H and O–H groups in total. The number of nitrogens with zero attached hydrogens (tertiary/aromatic N) is 1. The van der Waals surface area contributed by atoms with E-state index in [1.165, 1.54) is 11.3 Å². The summed E-state index contributed by atoms with van der Waals surface area (Å²) < 4.78 is 33.4. The van der Waals surface area contributed by atoms with E-state index in [1.807, 2.05) is 6.92 Å². The molecule has 10 nitrogen and oxygen atoms in total. The zero-order chi connectivity index (χ0) is 30.8. The average Bonchev–Trinajstić information content (AvgIpc) is 2.89. The highest BCUT2D eigenvalue weighted by Crippen LogP contribution is 2.51. The summed E-state index contributed by atoms with van der Waals surface area (Å²) in [5.74, 6) is -3.10. The molecular weight excluding hydrogens is 528 g/mol. The Bertz CT molecular complexity index is 929. The van der Waals surface area contributed by atoms with Crippen molar-refractivity contribution in [3.63, 3.8) is 0 Å². The molecule has 0 aliphatic carbocycles. The molecule has 2 rings (SSSR count). The van der Waals surface area contributed by atoms with Gasteiger partial charge in [0.05, 0.1) is 6.61 Å². The Hall–Kier alpha value is -1.50. The lowest BCUT2D eigenvalue weighted by Crippen LogP contribution is -2.54. The highest BCUT2D eigenvalue weighted by Gasteiger charge is 2.45. The van der Waals surface area contributed by atoms with Gasteiger partial charge in [0.2, 0.25) is 0 Å². The quantitative estimate of drug-likeness (QED) is 0.123. The second kappa shape index (κ2) is 15.8. The van der Waals surface area contributed by atoms with E-state index in [0.717, 1.165) is 29.8 Å². The van der Waals surface area contributed by atoms with E-state index in [4.69, 9.17) is 34.2 Å². The van der Waals surface area contributed by atoms with E-state index < -0.39 is 11.9 Å². The van der Waals surface area contributed by atoms with Crippen molar-refractivity contribution in [3.8, 4) is 0 Å². The lowest BCUT2D eigenvalue weighted by molar-refractivity contribution is -0.373. The first-order valence-corrected chi connectivity index (χ1v) is 15.2. The zero-order valence-corrected chi connectivity index (χ0v) is 26.9. The van der Waals surface area contributed by atoms with E-state index in [0.29, 0.717) is 46.1 Å². The minimum absolute atomic E-state index is 0.0770. The number of nitrogen functional groups attached to an aromatic ring is 1. The maximum absolute atomic E-state index is 10.6. The van der Waals surface area contributed by atoms with Gasteiger partial charge in [-0.15, -0.1) is 0 Å². The van der Waals surface area contributed by atoms with Crippen LogP contribution in [0.4, 0.5) is 11.4 Å². The number of ether oxygens (including phenoxy) is 6. The van der Waals surface area contributed by atoms with E-state index >= 15 is 0 Å². The van der Waals surface area contributed by atoms with Crippen LogP contribution in [0, 0.1) is 12.8 Å². The summed E-state index contributed by atoms with van der Waals surface area (Å²) in [4.78, 5) is 2.47. The number of benzene rings is 1. The smallest absolute Gasteiger partial charge is 0.305 e. The van der Waals surface area contributed by atoms with Crippen LogP contribution in [-0.2, 0) is 34.8 Å². The fourth-order valence-electron chi connectivity index (χ4n) is 6.01. The van der Waals surface area contributed by atoms with Crippen molar-refractivity contribution in [1.82, 2.24) is 0 Å². The maximum atomic E-state index is 10.6. The molecule has 1 aliphatic heterocycles. The topological polar surface area (TPSA) is 125 Å². The van der Waals surface area contributed by atoms with Crippen LogP contribution in [0.25, 0.3) is 0 Å². The van der Waals surface area contributed by atoms with Gasteiger partial charge in [-0.2, -0.15) is 0 Å². The van der Waals surface area contributed by atoms with Crippen LogP contribution in [0.3, 0.4) is 0 Å².